The smallest absolute Gasteiger partial charge is 0.122 e. The number of rotatable bonds is 5. The van der Waals surface area contributed by atoms with Gasteiger partial charge in [0.25, 0.3) is 0 Å². The van der Waals surface area contributed by atoms with Gasteiger partial charge < -0.3 is 4.57 Å². The molecule has 0 aromatic carbocycles. The molecular formula is C14H34ClNSi2. The van der Waals surface area contributed by atoms with Crippen molar-refractivity contribution < 1.29 is 0 Å². The molecule has 0 aliphatic heterocycles. The first-order chi connectivity index (χ1) is 7.80. The minimum atomic E-state index is -1.43. The summed E-state index contributed by atoms with van der Waals surface area (Å²) in [5, 5.41) is 1.31. The van der Waals surface area contributed by atoms with Crippen LogP contribution < -0.4 is 0 Å². The molecule has 0 bridgehead atoms. The lowest BCUT2D eigenvalue weighted by Gasteiger charge is -2.51. The maximum atomic E-state index is 6.05. The number of hydrogen-bond donors (Lipinski definition) is 0. The molecule has 0 aromatic heterocycles. The number of nitrogens with zero attached hydrogens (tertiary/aromatic N) is 1. The van der Waals surface area contributed by atoms with Crippen LogP contribution in [0.25, 0.3) is 0 Å². The zero-order valence-electron chi connectivity index (χ0n) is 14.2. The molecule has 2 atom stereocenters. The lowest BCUT2D eigenvalue weighted by atomic mass is 10.2. The molecule has 0 aliphatic rings. The van der Waals surface area contributed by atoms with Crippen molar-refractivity contribution in [3.05, 3.63) is 0 Å². The highest BCUT2D eigenvalue weighted by atomic mass is 35.5. The molecule has 0 aliphatic carbocycles. The zero-order chi connectivity index (χ0) is 14.9. The van der Waals surface area contributed by atoms with Gasteiger partial charge in [-0.3, -0.25) is 0 Å². The minimum Gasteiger partial charge on any atom is -0.323 e. The molecule has 0 fully saturated rings. The van der Waals surface area contributed by atoms with Crippen LogP contribution in [0.1, 0.15) is 34.6 Å². The predicted octanol–water partition coefficient (Wildman–Crippen LogP) is 5.19. The van der Waals surface area contributed by atoms with Crippen LogP contribution in [0.2, 0.25) is 36.4 Å². The Morgan fingerprint density at radius 2 is 1.44 bits per heavy atom. The molecule has 0 heterocycles. The third-order valence-corrected chi connectivity index (χ3v) is 21.0. The van der Waals surface area contributed by atoms with E-state index < -0.39 is 16.3 Å². The second-order valence-corrected chi connectivity index (χ2v) is 19.5. The average Bonchev–Trinajstić information content (AvgIpc) is 2.24. The molecule has 0 amide bonds. The minimum absolute atomic E-state index is 0.460. The van der Waals surface area contributed by atoms with Gasteiger partial charge in [0.2, 0.25) is 0 Å². The van der Waals surface area contributed by atoms with E-state index in [1.165, 1.54) is 0 Å². The highest BCUT2D eigenvalue weighted by Crippen LogP contribution is 2.47. The highest BCUT2D eigenvalue weighted by molar-refractivity contribution is 6.97. The van der Waals surface area contributed by atoms with Gasteiger partial charge in [0.15, 0.2) is 0 Å². The summed E-state index contributed by atoms with van der Waals surface area (Å²) in [4.78, 5) is 0. The summed E-state index contributed by atoms with van der Waals surface area (Å²) >= 11 is 6.05. The number of alkyl halides is 1. The quantitative estimate of drug-likeness (QED) is 0.499. The van der Waals surface area contributed by atoms with Crippen LogP contribution in [-0.4, -0.2) is 39.8 Å². The maximum Gasteiger partial charge on any atom is 0.122 e. The van der Waals surface area contributed by atoms with Crippen LogP contribution >= 0.6 is 11.6 Å². The van der Waals surface area contributed by atoms with Gasteiger partial charge in [-0.1, -0.05) is 53.9 Å². The summed E-state index contributed by atoms with van der Waals surface area (Å²) in [6.45, 7) is 22.2. The molecular weight excluding hydrogens is 274 g/mol. The van der Waals surface area contributed by atoms with Crippen molar-refractivity contribution in [3.8, 4) is 0 Å². The van der Waals surface area contributed by atoms with Crippen LogP contribution in [0, 0.1) is 0 Å². The Kier molecular flexibility index (Phi) is 6.21. The number of halogens is 1. The summed E-state index contributed by atoms with van der Waals surface area (Å²) in [6.07, 6.45) is 0. The molecule has 0 N–H and O–H groups in total. The topological polar surface area (TPSA) is 3.24 Å². The fourth-order valence-electron chi connectivity index (χ4n) is 2.51. The fourth-order valence-corrected chi connectivity index (χ4v) is 14.9. The summed E-state index contributed by atoms with van der Waals surface area (Å²) in [6, 6.07) is 0.487. The normalized spacial score (nSPS) is 18.0. The maximum absolute atomic E-state index is 6.05. The molecule has 0 aromatic rings. The largest absolute Gasteiger partial charge is 0.323 e. The summed E-state index contributed by atoms with van der Waals surface area (Å²) < 4.78 is 2.60. The van der Waals surface area contributed by atoms with Crippen LogP contribution in [0.4, 0.5) is 0 Å². The van der Waals surface area contributed by atoms with Gasteiger partial charge in [-0.25, -0.2) is 0 Å². The van der Waals surface area contributed by atoms with E-state index in [4.69, 9.17) is 11.6 Å². The van der Waals surface area contributed by atoms with Crippen molar-refractivity contribution in [2.45, 2.75) is 77.1 Å². The number of hydrogen-bond acceptors (Lipinski definition) is 1. The van der Waals surface area contributed by atoms with Crippen molar-refractivity contribution in [3.63, 3.8) is 0 Å². The highest BCUT2D eigenvalue weighted by Gasteiger charge is 2.49. The van der Waals surface area contributed by atoms with Gasteiger partial charge in [-0.2, -0.15) is 0 Å². The first kappa shape index (κ1) is 18.7. The Hall–Kier alpha value is 0.684. The van der Waals surface area contributed by atoms with Gasteiger partial charge in [-0.15, -0.1) is 11.6 Å². The molecule has 4 heteroatoms. The molecule has 2 unspecified atom stereocenters. The SMILES string of the molecule is CC(CCl)N(C)[Si](C)(C)C(C)[Si](C)(C)C(C)(C)C. The second-order valence-electron chi connectivity index (χ2n) is 7.96. The van der Waals surface area contributed by atoms with Crippen molar-refractivity contribution >= 4 is 27.9 Å². The molecule has 0 saturated carbocycles. The zero-order valence-corrected chi connectivity index (χ0v) is 16.9. The van der Waals surface area contributed by atoms with E-state index >= 15 is 0 Å². The van der Waals surface area contributed by atoms with Crippen LogP contribution in [0.15, 0.2) is 0 Å². The van der Waals surface area contributed by atoms with Gasteiger partial charge in [0.1, 0.15) is 8.24 Å². The average molecular weight is 308 g/mol. The van der Waals surface area contributed by atoms with Crippen LogP contribution in [0.5, 0.6) is 0 Å². The van der Waals surface area contributed by atoms with E-state index in [1.807, 2.05) is 0 Å². The Labute approximate surface area is 122 Å². The summed E-state index contributed by atoms with van der Waals surface area (Å²) in [5.41, 5.74) is 0. The van der Waals surface area contributed by atoms with Crippen molar-refractivity contribution in [2.24, 2.45) is 0 Å². The molecule has 0 saturated heterocycles. The van der Waals surface area contributed by atoms with Gasteiger partial charge in [0.05, 0.1) is 8.07 Å². The lowest BCUT2D eigenvalue weighted by molar-refractivity contribution is 0.418. The summed E-state index contributed by atoms with van der Waals surface area (Å²) in [7, 11) is -0.436. The van der Waals surface area contributed by atoms with E-state index in [1.54, 1.807) is 0 Å². The third kappa shape index (κ3) is 3.62. The predicted molar refractivity (Wildman–Crippen MR) is 92.0 cm³/mol. The lowest BCUT2D eigenvalue weighted by Crippen LogP contribution is -2.61. The Morgan fingerprint density at radius 1 is 1.06 bits per heavy atom. The van der Waals surface area contributed by atoms with E-state index in [-0.39, 0.29) is 0 Å². The molecule has 0 rings (SSSR count). The van der Waals surface area contributed by atoms with Crippen molar-refractivity contribution in [2.75, 3.05) is 12.9 Å². The Morgan fingerprint density at radius 3 is 1.72 bits per heavy atom. The molecule has 18 heavy (non-hydrogen) atoms. The van der Waals surface area contributed by atoms with E-state index in [9.17, 15) is 0 Å². The van der Waals surface area contributed by atoms with E-state index in [0.717, 1.165) is 11.0 Å². The molecule has 110 valence electrons. The molecule has 0 spiro atoms. The first-order valence-corrected chi connectivity index (χ1v) is 13.7. The first-order valence-electron chi connectivity index (χ1n) is 7.09. The standard InChI is InChI=1S/C14H34ClNSi2/c1-12(11-15)16(6)18(9,10)13(2)17(7,8)14(3,4)5/h12-13H,11H2,1-10H3. The van der Waals surface area contributed by atoms with Gasteiger partial charge >= 0.3 is 0 Å². The summed E-state index contributed by atoms with van der Waals surface area (Å²) in [5.74, 6) is 0.733. The van der Waals surface area contributed by atoms with Crippen LogP contribution in [0.3, 0.4) is 0 Å². The fraction of sp³-hybridized carbons (Fsp3) is 1.00. The Bertz CT molecular complexity index is 271. The molecule has 1 nitrogen and oxygen atoms in total. The van der Waals surface area contributed by atoms with Gasteiger partial charge in [0, 0.05) is 11.9 Å². The van der Waals surface area contributed by atoms with E-state index in [2.05, 4.69) is 72.4 Å². The van der Waals surface area contributed by atoms with E-state index in [0.29, 0.717) is 11.1 Å². The third-order valence-electron chi connectivity index (χ3n) is 5.87. The van der Waals surface area contributed by atoms with Gasteiger partial charge in [-0.05, 0) is 24.2 Å². The van der Waals surface area contributed by atoms with Crippen molar-refractivity contribution in [1.29, 1.82) is 0 Å². The molecule has 0 radical (unpaired) electrons. The monoisotopic (exact) mass is 307 g/mol. The second kappa shape index (κ2) is 5.98. The Balaban J connectivity index is 5.24. The van der Waals surface area contributed by atoms with Crippen molar-refractivity contribution in [1.82, 2.24) is 4.57 Å². The van der Waals surface area contributed by atoms with Crippen LogP contribution in [-0.2, 0) is 0 Å².